The number of hydrogen-bond donors (Lipinski definition) is 1. The van der Waals surface area contributed by atoms with Gasteiger partial charge in [-0.25, -0.2) is 0 Å². The Labute approximate surface area is 114 Å². The summed E-state index contributed by atoms with van der Waals surface area (Å²) in [6.45, 7) is 3.84. The number of aryl methyl sites for hydroxylation is 2. The molecular formula is C17H19NO. The van der Waals surface area contributed by atoms with Crippen LogP contribution in [0.3, 0.4) is 0 Å². The van der Waals surface area contributed by atoms with Gasteiger partial charge in [-0.05, 0) is 43.0 Å². The molecule has 0 amide bonds. The van der Waals surface area contributed by atoms with E-state index < -0.39 is 0 Å². The molecule has 0 unspecified atom stereocenters. The summed E-state index contributed by atoms with van der Waals surface area (Å²) < 4.78 is 0. The second-order valence-electron chi connectivity index (χ2n) is 5.29. The minimum absolute atomic E-state index is 0.406. The van der Waals surface area contributed by atoms with Crippen molar-refractivity contribution in [2.75, 3.05) is 11.4 Å². The largest absolute Gasteiger partial charge is 0.508 e. The van der Waals surface area contributed by atoms with Gasteiger partial charge < -0.3 is 10.0 Å². The van der Waals surface area contributed by atoms with Crippen LogP contribution in [0.1, 0.15) is 23.1 Å². The van der Waals surface area contributed by atoms with Crippen LogP contribution in [0.25, 0.3) is 0 Å². The molecule has 0 atom stereocenters. The zero-order valence-electron chi connectivity index (χ0n) is 11.3. The van der Waals surface area contributed by atoms with Gasteiger partial charge in [0.25, 0.3) is 0 Å². The molecule has 2 aromatic rings. The van der Waals surface area contributed by atoms with E-state index in [4.69, 9.17) is 0 Å². The van der Waals surface area contributed by atoms with E-state index in [1.54, 1.807) is 0 Å². The van der Waals surface area contributed by atoms with Gasteiger partial charge in [0, 0.05) is 24.3 Å². The SMILES string of the molecule is Cc1ccc(CN2CCCc3ccccc32)c(O)c1. The Morgan fingerprint density at radius 1 is 1.16 bits per heavy atom. The highest BCUT2D eigenvalue weighted by Gasteiger charge is 2.17. The molecule has 0 saturated heterocycles. The minimum Gasteiger partial charge on any atom is -0.508 e. The first-order chi connectivity index (χ1) is 9.24. The highest BCUT2D eigenvalue weighted by atomic mass is 16.3. The van der Waals surface area contributed by atoms with Gasteiger partial charge in [0.2, 0.25) is 0 Å². The van der Waals surface area contributed by atoms with Crippen LogP contribution in [0.5, 0.6) is 5.75 Å². The molecule has 1 heterocycles. The number of fused-ring (bicyclic) bond motifs is 1. The lowest BCUT2D eigenvalue weighted by Gasteiger charge is -2.31. The molecule has 0 fully saturated rings. The van der Waals surface area contributed by atoms with E-state index in [2.05, 4.69) is 35.2 Å². The first-order valence-corrected chi connectivity index (χ1v) is 6.85. The Kier molecular flexibility index (Phi) is 3.16. The van der Waals surface area contributed by atoms with Crippen molar-refractivity contribution in [3.8, 4) is 5.75 Å². The predicted octanol–water partition coefficient (Wildman–Crippen LogP) is 3.65. The fourth-order valence-corrected chi connectivity index (χ4v) is 2.79. The number of para-hydroxylation sites is 1. The summed E-state index contributed by atoms with van der Waals surface area (Å²) in [6, 6.07) is 14.5. The van der Waals surface area contributed by atoms with Crippen LogP contribution < -0.4 is 4.90 Å². The van der Waals surface area contributed by atoms with Gasteiger partial charge in [-0.3, -0.25) is 0 Å². The van der Waals surface area contributed by atoms with Crippen LogP contribution >= 0.6 is 0 Å². The number of aromatic hydroxyl groups is 1. The molecule has 0 saturated carbocycles. The highest BCUT2D eigenvalue weighted by Crippen LogP contribution is 2.30. The Morgan fingerprint density at radius 2 is 2.00 bits per heavy atom. The Balaban J connectivity index is 1.88. The van der Waals surface area contributed by atoms with Gasteiger partial charge >= 0.3 is 0 Å². The standard InChI is InChI=1S/C17H19NO/c1-13-8-9-15(17(19)11-13)12-18-10-4-6-14-5-2-3-7-16(14)18/h2-3,5,7-9,11,19H,4,6,10,12H2,1H3. The number of nitrogens with zero attached hydrogens (tertiary/aromatic N) is 1. The number of hydrogen-bond acceptors (Lipinski definition) is 2. The normalized spacial score (nSPS) is 14.3. The molecule has 0 bridgehead atoms. The van der Waals surface area contributed by atoms with E-state index in [-0.39, 0.29) is 0 Å². The maximum atomic E-state index is 10.0. The van der Waals surface area contributed by atoms with Crippen molar-refractivity contribution in [1.29, 1.82) is 0 Å². The average Bonchev–Trinajstić information content (AvgIpc) is 2.42. The van der Waals surface area contributed by atoms with E-state index in [1.807, 2.05) is 19.1 Å². The van der Waals surface area contributed by atoms with E-state index in [1.165, 1.54) is 17.7 Å². The summed E-state index contributed by atoms with van der Waals surface area (Å²) >= 11 is 0. The third kappa shape index (κ3) is 2.43. The van der Waals surface area contributed by atoms with Crippen molar-refractivity contribution < 1.29 is 5.11 Å². The van der Waals surface area contributed by atoms with E-state index in [0.29, 0.717) is 5.75 Å². The lowest BCUT2D eigenvalue weighted by Crippen LogP contribution is -2.28. The summed E-state index contributed by atoms with van der Waals surface area (Å²) in [6.07, 6.45) is 2.34. The molecule has 0 spiro atoms. The molecule has 19 heavy (non-hydrogen) atoms. The van der Waals surface area contributed by atoms with Gasteiger partial charge in [0.15, 0.2) is 0 Å². The molecule has 2 heteroatoms. The van der Waals surface area contributed by atoms with Crippen molar-refractivity contribution in [1.82, 2.24) is 0 Å². The summed E-state index contributed by atoms with van der Waals surface area (Å²) in [5, 5.41) is 10.0. The number of phenolic OH excluding ortho intramolecular Hbond substituents is 1. The van der Waals surface area contributed by atoms with Gasteiger partial charge in [-0.15, -0.1) is 0 Å². The first kappa shape index (κ1) is 12.1. The number of benzene rings is 2. The third-order valence-corrected chi connectivity index (χ3v) is 3.81. The highest BCUT2D eigenvalue weighted by molar-refractivity contribution is 5.56. The Hall–Kier alpha value is -1.96. The smallest absolute Gasteiger partial charge is 0.120 e. The van der Waals surface area contributed by atoms with Crippen LogP contribution in [-0.4, -0.2) is 11.7 Å². The van der Waals surface area contributed by atoms with E-state index in [9.17, 15) is 5.11 Å². The van der Waals surface area contributed by atoms with Crippen molar-refractivity contribution >= 4 is 5.69 Å². The second-order valence-corrected chi connectivity index (χ2v) is 5.29. The van der Waals surface area contributed by atoms with Crippen molar-refractivity contribution in [3.63, 3.8) is 0 Å². The number of anilines is 1. The molecule has 3 rings (SSSR count). The van der Waals surface area contributed by atoms with Gasteiger partial charge in [0.1, 0.15) is 5.75 Å². The lowest BCUT2D eigenvalue weighted by atomic mass is 10.0. The molecular weight excluding hydrogens is 234 g/mol. The van der Waals surface area contributed by atoms with Gasteiger partial charge in [-0.2, -0.15) is 0 Å². The van der Waals surface area contributed by atoms with Crippen LogP contribution in [0.2, 0.25) is 0 Å². The summed E-state index contributed by atoms with van der Waals surface area (Å²) in [5.41, 5.74) is 4.83. The van der Waals surface area contributed by atoms with Gasteiger partial charge in [-0.1, -0.05) is 30.3 Å². The molecule has 1 aliphatic heterocycles. The Morgan fingerprint density at radius 3 is 2.84 bits per heavy atom. The average molecular weight is 253 g/mol. The zero-order valence-corrected chi connectivity index (χ0v) is 11.3. The van der Waals surface area contributed by atoms with Crippen LogP contribution in [0, 0.1) is 6.92 Å². The molecule has 0 radical (unpaired) electrons. The zero-order chi connectivity index (χ0) is 13.2. The number of rotatable bonds is 2. The minimum atomic E-state index is 0.406. The molecule has 0 aliphatic carbocycles. The summed E-state index contributed by atoms with van der Waals surface area (Å²) in [4.78, 5) is 2.36. The monoisotopic (exact) mass is 253 g/mol. The first-order valence-electron chi connectivity index (χ1n) is 6.85. The Bertz CT molecular complexity index is 592. The molecule has 98 valence electrons. The van der Waals surface area contributed by atoms with Gasteiger partial charge in [0.05, 0.1) is 0 Å². The summed E-state index contributed by atoms with van der Waals surface area (Å²) in [5.74, 6) is 0.406. The second kappa shape index (κ2) is 4.96. The topological polar surface area (TPSA) is 23.5 Å². The third-order valence-electron chi connectivity index (χ3n) is 3.81. The quantitative estimate of drug-likeness (QED) is 0.883. The molecule has 2 nitrogen and oxygen atoms in total. The fraction of sp³-hybridized carbons (Fsp3) is 0.294. The number of phenols is 1. The lowest BCUT2D eigenvalue weighted by molar-refractivity contribution is 0.466. The van der Waals surface area contributed by atoms with Crippen molar-refractivity contribution in [3.05, 3.63) is 59.2 Å². The van der Waals surface area contributed by atoms with Crippen LogP contribution in [-0.2, 0) is 13.0 Å². The van der Waals surface area contributed by atoms with E-state index >= 15 is 0 Å². The molecule has 1 N–H and O–H groups in total. The van der Waals surface area contributed by atoms with E-state index in [0.717, 1.165) is 30.6 Å². The summed E-state index contributed by atoms with van der Waals surface area (Å²) in [7, 11) is 0. The van der Waals surface area contributed by atoms with Crippen LogP contribution in [0.4, 0.5) is 5.69 Å². The van der Waals surface area contributed by atoms with Crippen molar-refractivity contribution in [2.45, 2.75) is 26.3 Å². The molecule has 1 aliphatic rings. The fourth-order valence-electron chi connectivity index (χ4n) is 2.79. The molecule has 2 aromatic carbocycles. The maximum Gasteiger partial charge on any atom is 0.120 e. The van der Waals surface area contributed by atoms with Crippen LogP contribution in [0.15, 0.2) is 42.5 Å². The molecule has 0 aromatic heterocycles. The predicted molar refractivity (Wildman–Crippen MR) is 78.7 cm³/mol. The van der Waals surface area contributed by atoms with Crippen molar-refractivity contribution in [2.24, 2.45) is 0 Å². The maximum absolute atomic E-state index is 10.0.